The third-order valence-corrected chi connectivity index (χ3v) is 4.01. The number of nitrogens with zero attached hydrogens (tertiary/aromatic N) is 2. The first kappa shape index (κ1) is 16.0. The number of ether oxygens (including phenoxy) is 1. The second kappa shape index (κ2) is 7.16. The highest BCUT2D eigenvalue weighted by atomic mass is 35.5. The number of carbonyl (C=O) groups excluding carboxylic acids is 1. The van der Waals surface area contributed by atoms with Crippen LogP contribution in [0.15, 0.2) is 22.7 Å². The van der Waals surface area contributed by atoms with E-state index in [9.17, 15) is 4.79 Å². The van der Waals surface area contributed by atoms with Crippen LogP contribution in [-0.4, -0.2) is 22.8 Å². The van der Waals surface area contributed by atoms with E-state index in [1.165, 1.54) is 0 Å². The molecule has 1 aromatic heterocycles. The highest BCUT2D eigenvalue weighted by Crippen LogP contribution is 2.27. The first-order valence-electron chi connectivity index (χ1n) is 7.06. The lowest BCUT2D eigenvalue weighted by atomic mass is 10.2. The van der Waals surface area contributed by atoms with Gasteiger partial charge in [-0.05, 0) is 31.0 Å². The molecule has 2 N–H and O–H groups in total. The van der Waals surface area contributed by atoms with Crippen molar-refractivity contribution >= 4 is 34.9 Å². The molecule has 1 aliphatic heterocycles. The van der Waals surface area contributed by atoms with E-state index in [4.69, 9.17) is 32.5 Å². The summed E-state index contributed by atoms with van der Waals surface area (Å²) in [5.74, 6) is 0.837. The number of benzene rings is 1. The molecule has 1 saturated heterocycles. The van der Waals surface area contributed by atoms with Crippen molar-refractivity contribution in [1.82, 2.24) is 15.5 Å². The smallest absolute Gasteiger partial charge is 0.319 e. The highest BCUT2D eigenvalue weighted by molar-refractivity contribution is 6.42. The number of urea groups is 1. The lowest BCUT2D eigenvalue weighted by Gasteiger charge is -2.06. The summed E-state index contributed by atoms with van der Waals surface area (Å²) in [7, 11) is 0. The first-order valence-corrected chi connectivity index (χ1v) is 7.81. The molecule has 2 amide bonds. The number of aromatic nitrogens is 2. The molecule has 0 saturated carbocycles. The summed E-state index contributed by atoms with van der Waals surface area (Å²) in [6.07, 6.45) is 1.71. The van der Waals surface area contributed by atoms with Gasteiger partial charge in [-0.15, -0.1) is 0 Å². The molecule has 0 radical (unpaired) electrons. The average Bonchev–Trinajstić information content (AvgIpc) is 3.19. The molecule has 0 aliphatic carbocycles. The van der Waals surface area contributed by atoms with Crippen LogP contribution in [0.1, 0.15) is 30.7 Å². The number of hydrogen-bond acceptors (Lipinski definition) is 5. The highest BCUT2D eigenvalue weighted by Gasteiger charge is 2.23. The van der Waals surface area contributed by atoms with Gasteiger partial charge in [-0.25, -0.2) is 4.79 Å². The third kappa shape index (κ3) is 4.13. The van der Waals surface area contributed by atoms with Crippen LogP contribution in [0.4, 0.5) is 10.5 Å². The quantitative estimate of drug-likeness (QED) is 0.874. The normalized spacial score (nSPS) is 17.2. The molecule has 0 unspecified atom stereocenters. The summed E-state index contributed by atoms with van der Waals surface area (Å²) in [5, 5.41) is 9.88. The van der Waals surface area contributed by atoms with Gasteiger partial charge in [-0.3, -0.25) is 0 Å². The predicted octanol–water partition coefficient (Wildman–Crippen LogP) is 3.55. The van der Waals surface area contributed by atoms with Gasteiger partial charge >= 0.3 is 6.03 Å². The van der Waals surface area contributed by atoms with E-state index < -0.39 is 6.03 Å². The summed E-state index contributed by atoms with van der Waals surface area (Å²) in [4.78, 5) is 16.0. The van der Waals surface area contributed by atoms with E-state index in [0.29, 0.717) is 34.1 Å². The molecule has 7 nitrogen and oxygen atoms in total. The number of carbonyl (C=O) groups is 1. The van der Waals surface area contributed by atoms with Crippen LogP contribution in [0.3, 0.4) is 0 Å². The van der Waals surface area contributed by atoms with E-state index in [0.717, 1.165) is 12.8 Å². The molecule has 1 fully saturated rings. The molecule has 2 aromatic rings. The van der Waals surface area contributed by atoms with Crippen LogP contribution in [0.5, 0.6) is 0 Å². The monoisotopic (exact) mass is 356 g/mol. The van der Waals surface area contributed by atoms with Crippen molar-refractivity contribution in [3.63, 3.8) is 0 Å². The molecule has 1 aliphatic rings. The summed E-state index contributed by atoms with van der Waals surface area (Å²) < 4.78 is 10.6. The van der Waals surface area contributed by atoms with E-state index >= 15 is 0 Å². The molecule has 0 spiro atoms. The molecule has 9 heteroatoms. The van der Waals surface area contributed by atoms with Crippen molar-refractivity contribution in [3.8, 4) is 0 Å². The van der Waals surface area contributed by atoms with Gasteiger partial charge in [-0.1, -0.05) is 28.4 Å². The van der Waals surface area contributed by atoms with Gasteiger partial charge in [0.25, 0.3) is 5.89 Å². The van der Waals surface area contributed by atoms with E-state index in [2.05, 4.69) is 20.8 Å². The number of rotatable bonds is 4. The minimum atomic E-state index is -0.410. The Labute approximate surface area is 142 Å². The summed E-state index contributed by atoms with van der Waals surface area (Å²) >= 11 is 11.7. The van der Waals surface area contributed by atoms with E-state index in [1.807, 2.05) is 0 Å². The Hall–Kier alpha value is -1.83. The van der Waals surface area contributed by atoms with E-state index in [1.54, 1.807) is 18.2 Å². The number of hydrogen-bond donors (Lipinski definition) is 2. The second-order valence-corrected chi connectivity index (χ2v) is 5.80. The van der Waals surface area contributed by atoms with Crippen LogP contribution in [0.2, 0.25) is 10.0 Å². The number of nitrogens with one attached hydrogen (secondary N) is 2. The van der Waals surface area contributed by atoms with Crippen molar-refractivity contribution in [2.75, 3.05) is 11.9 Å². The van der Waals surface area contributed by atoms with Crippen LogP contribution < -0.4 is 10.6 Å². The Morgan fingerprint density at radius 3 is 2.96 bits per heavy atom. The minimum Gasteiger partial charge on any atom is -0.368 e. The summed E-state index contributed by atoms with van der Waals surface area (Å²) in [5.41, 5.74) is 0.532. The third-order valence-electron chi connectivity index (χ3n) is 3.27. The molecule has 1 atom stereocenters. The first-order chi connectivity index (χ1) is 11.1. The summed E-state index contributed by atoms with van der Waals surface area (Å²) in [6.45, 7) is 0.843. The second-order valence-electron chi connectivity index (χ2n) is 4.99. The number of anilines is 1. The van der Waals surface area contributed by atoms with Gasteiger partial charge in [0, 0.05) is 12.3 Å². The van der Waals surface area contributed by atoms with Crippen LogP contribution in [0, 0.1) is 0 Å². The van der Waals surface area contributed by atoms with Gasteiger partial charge in [0.15, 0.2) is 5.82 Å². The molecular formula is C14H14Cl2N4O3. The topological polar surface area (TPSA) is 89.3 Å². The van der Waals surface area contributed by atoms with Crippen molar-refractivity contribution in [2.24, 2.45) is 0 Å². The summed E-state index contributed by atoms with van der Waals surface area (Å²) in [6, 6.07) is 4.41. The standard InChI is InChI=1S/C14H14Cl2N4O3/c15-9-4-3-8(6-10(9)16)18-14(21)17-7-12-19-13(23-20-12)11-2-1-5-22-11/h3-4,6,11H,1-2,5,7H2,(H2,17,18,21)/t11-/m0/s1. The molecule has 23 heavy (non-hydrogen) atoms. The van der Waals surface area contributed by atoms with Crippen molar-refractivity contribution in [3.05, 3.63) is 40.0 Å². The molecule has 122 valence electrons. The van der Waals surface area contributed by atoms with Crippen LogP contribution >= 0.6 is 23.2 Å². The largest absolute Gasteiger partial charge is 0.368 e. The number of amides is 2. The van der Waals surface area contributed by atoms with Crippen LogP contribution in [-0.2, 0) is 11.3 Å². The fraction of sp³-hybridized carbons (Fsp3) is 0.357. The molecule has 3 rings (SSSR count). The zero-order chi connectivity index (χ0) is 16.2. The Bertz CT molecular complexity index is 701. The van der Waals surface area contributed by atoms with Gasteiger partial charge in [-0.2, -0.15) is 4.98 Å². The SMILES string of the molecule is O=C(NCc1noc([C@@H]2CCCO2)n1)Nc1ccc(Cl)c(Cl)c1. The predicted molar refractivity (Wildman–Crippen MR) is 84.5 cm³/mol. The maximum Gasteiger partial charge on any atom is 0.319 e. The molecule has 0 bridgehead atoms. The Morgan fingerprint density at radius 1 is 1.35 bits per heavy atom. The van der Waals surface area contributed by atoms with E-state index in [-0.39, 0.29) is 12.6 Å². The van der Waals surface area contributed by atoms with Gasteiger partial charge in [0.1, 0.15) is 6.10 Å². The zero-order valence-corrected chi connectivity index (χ0v) is 13.5. The average molecular weight is 357 g/mol. The maximum absolute atomic E-state index is 11.8. The maximum atomic E-state index is 11.8. The van der Waals surface area contributed by atoms with Gasteiger partial charge in [0.2, 0.25) is 0 Å². The lowest BCUT2D eigenvalue weighted by Crippen LogP contribution is -2.28. The molecular weight excluding hydrogens is 343 g/mol. The fourth-order valence-corrected chi connectivity index (χ4v) is 2.45. The van der Waals surface area contributed by atoms with Crippen molar-refractivity contribution in [1.29, 1.82) is 0 Å². The van der Waals surface area contributed by atoms with Crippen LogP contribution in [0.25, 0.3) is 0 Å². The number of halogens is 2. The van der Waals surface area contributed by atoms with Gasteiger partial charge in [0.05, 0.1) is 16.6 Å². The zero-order valence-electron chi connectivity index (χ0n) is 12.0. The Kier molecular flexibility index (Phi) is 5.00. The lowest BCUT2D eigenvalue weighted by molar-refractivity contribution is 0.0835. The van der Waals surface area contributed by atoms with Crippen molar-refractivity contribution < 1.29 is 14.1 Å². The van der Waals surface area contributed by atoms with Gasteiger partial charge < -0.3 is 19.9 Å². The van der Waals surface area contributed by atoms with Crippen molar-refractivity contribution in [2.45, 2.75) is 25.5 Å². The minimum absolute atomic E-state index is 0.138. The fourth-order valence-electron chi connectivity index (χ4n) is 2.15. The Morgan fingerprint density at radius 2 is 2.22 bits per heavy atom. The Balaban J connectivity index is 1.51. The molecule has 2 heterocycles. The molecule has 1 aromatic carbocycles.